The normalized spacial score (nSPS) is 19.8. The zero-order valence-electron chi connectivity index (χ0n) is 14.1. The number of nitrogens with two attached hydrogens (primary N) is 1. The third-order valence-corrected chi connectivity index (χ3v) is 4.27. The lowest BCUT2D eigenvalue weighted by molar-refractivity contribution is -0.142. The van der Waals surface area contributed by atoms with E-state index < -0.39 is 0 Å². The number of likely N-dealkylation sites (N-methyl/N-ethyl adjacent to an activating group) is 1. The molecular weight excluding hydrogens is 250 g/mol. The summed E-state index contributed by atoms with van der Waals surface area (Å²) >= 11 is 0. The van der Waals surface area contributed by atoms with Gasteiger partial charge in [0.05, 0.1) is 6.04 Å². The second-order valence-electron chi connectivity index (χ2n) is 7.31. The fraction of sp³-hybridized carbons (Fsp3) is 0.938. The van der Waals surface area contributed by atoms with Crippen LogP contribution in [0.15, 0.2) is 0 Å². The van der Waals surface area contributed by atoms with Crippen molar-refractivity contribution >= 4 is 5.91 Å². The number of carbonyl (C=O) groups is 1. The minimum Gasteiger partial charge on any atom is -0.341 e. The molecule has 1 heterocycles. The van der Waals surface area contributed by atoms with Gasteiger partial charge in [-0.1, -0.05) is 20.8 Å². The lowest BCUT2D eigenvalue weighted by Crippen LogP contribution is -2.58. The number of amides is 1. The predicted octanol–water partition coefficient (Wildman–Crippen LogP) is 2.08. The topological polar surface area (TPSA) is 49.6 Å². The maximum absolute atomic E-state index is 12.9. The number of nitrogens with zero attached hydrogens (tertiary/aromatic N) is 2. The minimum atomic E-state index is -0.0330. The van der Waals surface area contributed by atoms with Gasteiger partial charge in [0, 0.05) is 24.7 Å². The van der Waals surface area contributed by atoms with Crippen molar-refractivity contribution in [2.24, 2.45) is 11.7 Å². The van der Waals surface area contributed by atoms with Gasteiger partial charge in [0.2, 0.25) is 5.91 Å². The average molecular weight is 283 g/mol. The molecule has 1 aliphatic heterocycles. The van der Waals surface area contributed by atoms with Gasteiger partial charge in [-0.05, 0) is 46.1 Å². The lowest BCUT2D eigenvalue weighted by Gasteiger charge is -2.44. The van der Waals surface area contributed by atoms with E-state index in [2.05, 4.69) is 46.4 Å². The molecule has 1 saturated heterocycles. The lowest BCUT2D eigenvalue weighted by atomic mass is 9.93. The van der Waals surface area contributed by atoms with E-state index in [0.717, 1.165) is 32.5 Å². The number of hydrogen-bond donors (Lipinski definition) is 1. The van der Waals surface area contributed by atoms with Gasteiger partial charge < -0.3 is 10.6 Å². The first-order chi connectivity index (χ1) is 9.18. The van der Waals surface area contributed by atoms with Crippen molar-refractivity contribution in [3.63, 3.8) is 0 Å². The molecule has 1 amide bonds. The van der Waals surface area contributed by atoms with Crippen LogP contribution in [0.25, 0.3) is 0 Å². The molecule has 1 aliphatic rings. The molecule has 0 bridgehead atoms. The first-order valence-corrected chi connectivity index (χ1v) is 7.99. The Kier molecular flexibility index (Phi) is 6.02. The second-order valence-corrected chi connectivity index (χ2v) is 7.31. The number of piperidine rings is 1. The Labute approximate surface area is 124 Å². The van der Waals surface area contributed by atoms with Crippen molar-refractivity contribution in [3.05, 3.63) is 0 Å². The molecule has 0 spiro atoms. The number of rotatable bonds is 4. The monoisotopic (exact) mass is 283 g/mol. The summed E-state index contributed by atoms with van der Waals surface area (Å²) in [4.78, 5) is 17.3. The summed E-state index contributed by atoms with van der Waals surface area (Å²) in [5.41, 5.74) is 5.95. The van der Waals surface area contributed by atoms with E-state index in [0.29, 0.717) is 5.92 Å². The molecule has 1 rings (SSSR count). The molecule has 20 heavy (non-hydrogen) atoms. The van der Waals surface area contributed by atoms with Crippen LogP contribution < -0.4 is 5.73 Å². The van der Waals surface area contributed by atoms with Crippen LogP contribution in [0.5, 0.6) is 0 Å². The maximum atomic E-state index is 12.9. The van der Waals surface area contributed by atoms with Crippen molar-refractivity contribution in [3.8, 4) is 0 Å². The van der Waals surface area contributed by atoms with Crippen LogP contribution in [-0.4, -0.2) is 53.0 Å². The van der Waals surface area contributed by atoms with Crippen LogP contribution in [0.4, 0.5) is 0 Å². The van der Waals surface area contributed by atoms with Crippen LogP contribution in [0.1, 0.15) is 54.4 Å². The summed E-state index contributed by atoms with van der Waals surface area (Å²) in [6.45, 7) is 15.5. The highest BCUT2D eigenvalue weighted by Crippen LogP contribution is 2.24. The molecule has 0 radical (unpaired) electrons. The highest BCUT2D eigenvalue weighted by atomic mass is 16.2. The largest absolute Gasteiger partial charge is 0.341 e. The van der Waals surface area contributed by atoms with Crippen LogP contribution in [0.3, 0.4) is 0 Å². The summed E-state index contributed by atoms with van der Waals surface area (Å²) in [5, 5.41) is 0. The molecule has 0 saturated carbocycles. The van der Waals surface area contributed by atoms with Gasteiger partial charge in [-0.2, -0.15) is 0 Å². The van der Waals surface area contributed by atoms with Crippen LogP contribution in [0.2, 0.25) is 0 Å². The van der Waals surface area contributed by atoms with Gasteiger partial charge >= 0.3 is 0 Å². The Balaban J connectivity index is 2.87. The first-order valence-electron chi connectivity index (χ1n) is 7.99. The smallest absolute Gasteiger partial charge is 0.240 e. The van der Waals surface area contributed by atoms with E-state index >= 15 is 0 Å². The fourth-order valence-corrected chi connectivity index (χ4v) is 3.17. The molecule has 0 aliphatic carbocycles. The maximum Gasteiger partial charge on any atom is 0.240 e. The average Bonchev–Trinajstić information content (AvgIpc) is 2.33. The Bertz CT molecular complexity index is 314. The fourth-order valence-electron chi connectivity index (χ4n) is 3.17. The van der Waals surface area contributed by atoms with E-state index in [1.807, 2.05) is 4.90 Å². The summed E-state index contributed by atoms with van der Waals surface area (Å²) in [7, 11) is 0. The molecule has 4 nitrogen and oxygen atoms in total. The molecule has 1 atom stereocenters. The molecule has 0 aromatic carbocycles. The Morgan fingerprint density at radius 2 is 1.80 bits per heavy atom. The first kappa shape index (κ1) is 17.4. The summed E-state index contributed by atoms with van der Waals surface area (Å²) in [6.07, 6.45) is 1.86. The van der Waals surface area contributed by atoms with Gasteiger partial charge in [0.1, 0.15) is 0 Å². The Hall–Kier alpha value is -0.610. The third kappa shape index (κ3) is 4.19. The molecule has 1 fully saturated rings. The second kappa shape index (κ2) is 6.90. The SMILES string of the molecule is CCN(C(C(=O)N1CCC(N)CC1)C(C)C)C(C)(C)C. The summed E-state index contributed by atoms with van der Waals surface area (Å²) in [5.74, 6) is 0.598. The van der Waals surface area contributed by atoms with Gasteiger partial charge in [-0.15, -0.1) is 0 Å². The van der Waals surface area contributed by atoms with E-state index in [1.54, 1.807) is 0 Å². The number of hydrogen-bond acceptors (Lipinski definition) is 3. The zero-order chi connectivity index (χ0) is 15.5. The molecule has 0 aromatic rings. The van der Waals surface area contributed by atoms with Crippen molar-refractivity contribution in [1.29, 1.82) is 0 Å². The summed E-state index contributed by atoms with van der Waals surface area (Å²) in [6, 6.07) is 0.232. The number of carbonyl (C=O) groups excluding carboxylic acids is 1. The molecule has 4 heteroatoms. The molecule has 118 valence electrons. The third-order valence-electron chi connectivity index (χ3n) is 4.27. The van der Waals surface area contributed by atoms with Gasteiger partial charge in [0.15, 0.2) is 0 Å². The Morgan fingerprint density at radius 3 is 2.15 bits per heavy atom. The molecule has 0 aromatic heterocycles. The van der Waals surface area contributed by atoms with Crippen molar-refractivity contribution in [2.75, 3.05) is 19.6 Å². The van der Waals surface area contributed by atoms with Crippen LogP contribution in [0, 0.1) is 5.92 Å². The summed E-state index contributed by atoms with van der Waals surface area (Å²) < 4.78 is 0. The van der Waals surface area contributed by atoms with E-state index in [4.69, 9.17) is 5.73 Å². The van der Waals surface area contributed by atoms with E-state index in [1.165, 1.54) is 0 Å². The quantitative estimate of drug-likeness (QED) is 0.859. The molecule has 1 unspecified atom stereocenters. The van der Waals surface area contributed by atoms with Gasteiger partial charge in [-0.3, -0.25) is 9.69 Å². The molecule has 2 N–H and O–H groups in total. The van der Waals surface area contributed by atoms with Crippen molar-refractivity contribution < 1.29 is 4.79 Å². The highest BCUT2D eigenvalue weighted by Gasteiger charge is 2.37. The van der Waals surface area contributed by atoms with Gasteiger partial charge in [0.25, 0.3) is 0 Å². The van der Waals surface area contributed by atoms with E-state index in [9.17, 15) is 4.79 Å². The highest BCUT2D eigenvalue weighted by molar-refractivity contribution is 5.82. The van der Waals surface area contributed by atoms with Gasteiger partial charge in [-0.25, -0.2) is 0 Å². The van der Waals surface area contributed by atoms with E-state index in [-0.39, 0.29) is 23.5 Å². The standard InChI is InChI=1S/C16H33N3O/c1-7-19(16(4,5)6)14(12(2)3)15(20)18-10-8-13(17)9-11-18/h12-14H,7-11,17H2,1-6H3. The predicted molar refractivity (Wildman–Crippen MR) is 84.5 cm³/mol. The van der Waals surface area contributed by atoms with Crippen LogP contribution >= 0.6 is 0 Å². The Morgan fingerprint density at radius 1 is 1.30 bits per heavy atom. The molecular formula is C16H33N3O. The zero-order valence-corrected chi connectivity index (χ0v) is 14.1. The minimum absolute atomic E-state index is 0.00549. The number of likely N-dealkylation sites (tertiary alicyclic amines) is 1. The van der Waals surface area contributed by atoms with Crippen LogP contribution in [-0.2, 0) is 4.79 Å². The van der Waals surface area contributed by atoms with Crippen molar-refractivity contribution in [2.45, 2.75) is 72.0 Å². The van der Waals surface area contributed by atoms with Crippen molar-refractivity contribution in [1.82, 2.24) is 9.80 Å².